The van der Waals surface area contributed by atoms with E-state index < -0.39 is 0 Å². The van der Waals surface area contributed by atoms with E-state index in [0.29, 0.717) is 12.5 Å². The maximum Gasteiger partial charge on any atom is 0.163 e. The molecule has 3 nitrogen and oxygen atoms in total. The molecule has 0 amide bonds. The first-order chi connectivity index (χ1) is 10.3. The minimum atomic E-state index is 0.272. The maximum absolute atomic E-state index is 11.9. The van der Waals surface area contributed by atoms with Crippen molar-refractivity contribution in [3.8, 4) is 5.75 Å². The molecule has 0 saturated carbocycles. The van der Waals surface area contributed by atoms with Crippen LogP contribution in [0.1, 0.15) is 54.4 Å². The largest absolute Gasteiger partial charge is 0.493 e. The van der Waals surface area contributed by atoms with Gasteiger partial charge in [-0.2, -0.15) is 0 Å². The molecule has 0 spiro atoms. The van der Waals surface area contributed by atoms with Gasteiger partial charge in [-0.25, -0.2) is 0 Å². The molecule has 1 aromatic rings. The van der Waals surface area contributed by atoms with Gasteiger partial charge in [-0.3, -0.25) is 4.79 Å². The number of Topliss-reactive ketones (excluding diaryl/α,β-unsaturated/α-hetero) is 1. The highest BCUT2D eigenvalue weighted by atomic mass is 16.5. The van der Waals surface area contributed by atoms with Crippen molar-refractivity contribution in [2.45, 2.75) is 51.0 Å². The van der Waals surface area contributed by atoms with Gasteiger partial charge in [0.15, 0.2) is 5.78 Å². The van der Waals surface area contributed by atoms with Crippen LogP contribution in [-0.2, 0) is 6.42 Å². The number of rotatable bonds is 4. The second kappa shape index (κ2) is 6.61. The van der Waals surface area contributed by atoms with E-state index in [-0.39, 0.29) is 5.78 Å². The molecule has 1 aliphatic carbocycles. The van der Waals surface area contributed by atoms with Gasteiger partial charge in [0, 0.05) is 23.6 Å². The summed E-state index contributed by atoms with van der Waals surface area (Å²) in [5, 5.41) is 0. The lowest BCUT2D eigenvalue weighted by molar-refractivity contribution is 0.0971. The Hall–Kier alpha value is -1.35. The topological polar surface area (TPSA) is 29.5 Å². The third-order valence-electron chi connectivity index (χ3n) is 4.89. The monoisotopic (exact) mass is 287 g/mol. The predicted octanol–water partition coefficient (Wildman–Crippen LogP) is 3.46. The third kappa shape index (κ3) is 3.29. The molecular weight excluding hydrogens is 262 g/mol. The van der Waals surface area contributed by atoms with Crippen molar-refractivity contribution in [1.29, 1.82) is 0 Å². The molecule has 1 heterocycles. The number of hydrogen-bond acceptors (Lipinski definition) is 3. The molecule has 1 aromatic carbocycles. The average Bonchev–Trinajstić information content (AvgIpc) is 2.50. The molecule has 1 fully saturated rings. The standard InChI is InChI=1S/C18H25NO2/c1-19-12-3-2-6-14(19)11-13-21-18-10-5-7-15-16(18)8-4-9-17(15)20/h5,7,10,14H,2-4,6,8-9,11-13H2,1H3. The van der Waals surface area contributed by atoms with Crippen LogP contribution >= 0.6 is 0 Å². The van der Waals surface area contributed by atoms with E-state index in [1.165, 1.54) is 25.8 Å². The fourth-order valence-corrected chi connectivity index (χ4v) is 3.59. The summed E-state index contributed by atoms with van der Waals surface area (Å²) in [7, 11) is 2.22. The van der Waals surface area contributed by atoms with Crippen molar-refractivity contribution < 1.29 is 9.53 Å². The highest BCUT2D eigenvalue weighted by molar-refractivity contribution is 5.99. The quantitative estimate of drug-likeness (QED) is 0.849. The molecule has 0 bridgehead atoms. The summed E-state index contributed by atoms with van der Waals surface area (Å²) in [6.45, 7) is 1.96. The summed E-state index contributed by atoms with van der Waals surface area (Å²) in [6.07, 6.45) is 7.63. The molecule has 3 rings (SSSR count). The van der Waals surface area contributed by atoms with Gasteiger partial charge in [0.25, 0.3) is 0 Å². The van der Waals surface area contributed by atoms with E-state index in [2.05, 4.69) is 11.9 Å². The molecule has 0 radical (unpaired) electrons. The van der Waals surface area contributed by atoms with Crippen molar-refractivity contribution in [1.82, 2.24) is 4.90 Å². The Bertz CT molecular complexity index is 512. The first-order valence-electron chi connectivity index (χ1n) is 8.24. The highest BCUT2D eigenvalue weighted by Crippen LogP contribution is 2.30. The normalized spacial score (nSPS) is 22.9. The molecule has 1 unspecified atom stereocenters. The van der Waals surface area contributed by atoms with Gasteiger partial charge in [0.2, 0.25) is 0 Å². The lowest BCUT2D eigenvalue weighted by Crippen LogP contribution is -2.37. The van der Waals surface area contributed by atoms with Crippen molar-refractivity contribution in [2.75, 3.05) is 20.2 Å². The molecule has 1 atom stereocenters. The number of carbonyl (C=O) groups excluding carboxylic acids is 1. The van der Waals surface area contributed by atoms with Crippen molar-refractivity contribution in [2.24, 2.45) is 0 Å². The van der Waals surface area contributed by atoms with Gasteiger partial charge in [-0.1, -0.05) is 18.6 Å². The van der Waals surface area contributed by atoms with Crippen molar-refractivity contribution in [3.05, 3.63) is 29.3 Å². The molecule has 1 aliphatic heterocycles. The van der Waals surface area contributed by atoms with E-state index >= 15 is 0 Å². The Morgan fingerprint density at radius 3 is 3.00 bits per heavy atom. The first kappa shape index (κ1) is 14.6. The summed E-state index contributed by atoms with van der Waals surface area (Å²) >= 11 is 0. The lowest BCUT2D eigenvalue weighted by atomic mass is 9.90. The van der Waals surface area contributed by atoms with Crippen LogP contribution in [0.2, 0.25) is 0 Å². The van der Waals surface area contributed by atoms with Gasteiger partial charge in [-0.15, -0.1) is 0 Å². The molecule has 1 saturated heterocycles. The fraction of sp³-hybridized carbons (Fsp3) is 0.611. The predicted molar refractivity (Wildman–Crippen MR) is 84.1 cm³/mol. The zero-order valence-electron chi connectivity index (χ0n) is 12.9. The average molecular weight is 287 g/mol. The zero-order chi connectivity index (χ0) is 14.7. The van der Waals surface area contributed by atoms with E-state index in [1.807, 2.05) is 18.2 Å². The van der Waals surface area contributed by atoms with Crippen LogP contribution in [0.3, 0.4) is 0 Å². The molecule has 3 heteroatoms. The second-order valence-corrected chi connectivity index (χ2v) is 6.33. The van der Waals surface area contributed by atoms with Gasteiger partial charge in [-0.05, 0) is 51.8 Å². The molecule has 0 N–H and O–H groups in total. The van der Waals surface area contributed by atoms with Crippen LogP contribution in [0.25, 0.3) is 0 Å². The van der Waals surface area contributed by atoms with Crippen LogP contribution in [-0.4, -0.2) is 36.9 Å². The number of piperidine rings is 1. The number of carbonyl (C=O) groups is 1. The molecule has 0 aromatic heterocycles. The molecular formula is C18H25NO2. The van der Waals surface area contributed by atoms with Gasteiger partial charge in [0.1, 0.15) is 5.75 Å². The summed E-state index contributed by atoms with van der Waals surface area (Å²) in [5.74, 6) is 1.20. The van der Waals surface area contributed by atoms with Crippen molar-refractivity contribution in [3.63, 3.8) is 0 Å². The van der Waals surface area contributed by atoms with E-state index in [4.69, 9.17) is 4.74 Å². The zero-order valence-corrected chi connectivity index (χ0v) is 12.9. The Balaban J connectivity index is 1.61. The second-order valence-electron chi connectivity index (χ2n) is 6.33. The van der Waals surface area contributed by atoms with Crippen LogP contribution in [0, 0.1) is 0 Å². The van der Waals surface area contributed by atoms with Gasteiger partial charge in [0.05, 0.1) is 6.61 Å². The minimum absolute atomic E-state index is 0.272. The number of likely N-dealkylation sites (tertiary alicyclic amines) is 1. The summed E-state index contributed by atoms with van der Waals surface area (Å²) in [4.78, 5) is 14.4. The third-order valence-corrected chi connectivity index (χ3v) is 4.89. The molecule has 2 aliphatic rings. The summed E-state index contributed by atoms with van der Waals surface area (Å²) in [5.41, 5.74) is 2.01. The Labute approximate surface area is 127 Å². The summed E-state index contributed by atoms with van der Waals surface area (Å²) in [6, 6.07) is 6.56. The van der Waals surface area contributed by atoms with E-state index in [9.17, 15) is 4.79 Å². The van der Waals surface area contributed by atoms with Crippen LogP contribution < -0.4 is 4.74 Å². The highest BCUT2D eigenvalue weighted by Gasteiger charge is 2.21. The van der Waals surface area contributed by atoms with E-state index in [1.54, 1.807) is 0 Å². The number of hydrogen-bond donors (Lipinski definition) is 0. The maximum atomic E-state index is 11.9. The number of fused-ring (bicyclic) bond motifs is 1. The van der Waals surface area contributed by atoms with Gasteiger partial charge < -0.3 is 9.64 Å². The number of ether oxygens (including phenoxy) is 1. The first-order valence-corrected chi connectivity index (χ1v) is 8.24. The Morgan fingerprint density at radius 1 is 1.24 bits per heavy atom. The van der Waals surface area contributed by atoms with Crippen LogP contribution in [0.5, 0.6) is 5.75 Å². The SMILES string of the molecule is CN1CCCCC1CCOc1cccc2c1CCCC2=O. The van der Waals surface area contributed by atoms with Gasteiger partial charge >= 0.3 is 0 Å². The Morgan fingerprint density at radius 2 is 2.14 bits per heavy atom. The fourth-order valence-electron chi connectivity index (χ4n) is 3.59. The number of benzene rings is 1. The van der Waals surface area contributed by atoms with Crippen molar-refractivity contribution >= 4 is 5.78 Å². The number of nitrogens with zero attached hydrogens (tertiary/aromatic N) is 1. The smallest absolute Gasteiger partial charge is 0.163 e. The van der Waals surface area contributed by atoms with Crippen LogP contribution in [0.15, 0.2) is 18.2 Å². The Kier molecular flexibility index (Phi) is 4.59. The summed E-state index contributed by atoms with van der Waals surface area (Å²) < 4.78 is 6.02. The van der Waals surface area contributed by atoms with Crippen LogP contribution in [0.4, 0.5) is 0 Å². The molecule has 114 valence electrons. The minimum Gasteiger partial charge on any atom is -0.493 e. The number of ketones is 1. The molecule has 21 heavy (non-hydrogen) atoms. The van der Waals surface area contributed by atoms with E-state index in [0.717, 1.165) is 42.7 Å². The lowest BCUT2D eigenvalue weighted by Gasteiger charge is -2.32.